The van der Waals surface area contributed by atoms with Crippen LogP contribution in [0.5, 0.6) is 0 Å². The van der Waals surface area contributed by atoms with Gasteiger partial charge in [-0.1, -0.05) is 29.8 Å². The second-order valence-electron chi connectivity index (χ2n) is 6.26. The molecule has 2 N–H and O–H groups in total. The van der Waals surface area contributed by atoms with Crippen molar-refractivity contribution in [3.05, 3.63) is 58.7 Å². The molecule has 0 spiro atoms. The SMILES string of the molecule is CC(=O)NCCc1ccc(S(=O)(=O)Nc2c(C)cc(C)cc2C)cc1. The van der Waals surface area contributed by atoms with E-state index in [2.05, 4.69) is 10.0 Å². The average Bonchev–Trinajstić information content (AvgIpc) is 2.51. The van der Waals surface area contributed by atoms with Crippen LogP contribution in [0.15, 0.2) is 41.3 Å². The second kappa shape index (κ2) is 7.70. The second-order valence-corrected chi connectivity index (χ2v) is 7.94. The van der Waals surface area contributed by atoms with Crippen molar-refractivity contribution in [2.45, 2.75) is 39.0 Å². The van der Waals surface area contributed by atoms with E-state index < -0.39 is 10.0 Å². The van der Waals surface area contributed by atoms with Crippen molar-refractivity contribution in [1.82, 2.24) is 5.32 Å². The summed E-state index contributed by atoms with van der Waals surface area (Å²) >= 11 is 0. The summed E-state index contributed by atoms with van der Waals surface area (Å²) in [5.74, 6) is -0.0766. The van der Waals surface area contributed by atoms with Gasteiger partial charge in [-0.3, -0.25) is 9.52 Å². The Morgan fingerprint density at radius 1 is 1.00 bits per heavy atom. The molecule has 0 aromatic heterocycles. The molecule has 0 aliphatic carbocycles. The summed E-state index contributed by atoms with van der Waals surface area (Å²) in [7, 11) is -3.64. The number of benzene rings is 2. The van der Waals surface area contributed by atoms with Gasteiger partial charge in [0.2, 0.25) is 5.91 Å². The van der Waals surface area contributed by atoms with E-state index >= 15 is 0 Å². The largest absolute Gasteiger partial charge is 0.356 e. The standard InChI is InChI=1S/C19H24N2O3S/c1-13-11-14(2)19(15(3)12-13)21-25(23,24)18-7-5-17(6-8-18)9-10-20-16(4)22/h5-8,11-12,21H,9-10H2,1-4H3,(H,20,22). The van der Waals surface area contributed by atoms with Gasteiger partial charge in [-0.2, -0.15) is 0 Å². The first kappa shape index (κ1) is 19.0. The van der Waals surface area contributed by atoms with Gasteiger partial charge in [-0.15, -0.1) is 0 Å². The zero-order valence-corrected chi connectivity index (χ0v) is 15.8. The number of sulfonamides is 1. The van der Waals surface area contributed by atoms with Crippen LogP contribution >= 0.6 is 0 Å². The highest BCUT2D eigenvalue weighted by Gasteiger charge is 2.16. The van der Waals surface area contributed by atoms with Crippen LogP contribution in [0.1, 0.15) is 29.2 Å². The third-order valence-corrected chi connectivity index (χ3v) is 5.30. The molecule has 0 saturated heterocycles. The predicted molar refractivity (Wildman–Crippen MR) is 100 cm³/mol. The molecule has 0 aliphatic rings. The molecule has 0 heterocycles. The minimum atomic E-state index is -3.64. The van der Waals surface area contributed by atoms with Crippen LogP contribution in [0.3, 0.4) is 0 Å². The van der Waals surface area contributed by atoms with E-state index in [9.17, 15) is 13.2 Å². The molecule has 2 aromatic carbocycles. The van der Waals surface area contributed by atoms with Crippen LogP contribution in [0.4, 0.5) is 5.69 Å². The van der Waals surface area contributed by atoms with E-state index in [0.717, 1.165) is 22.3 Å². The molecule has 0 radical (unpaired) electrons. The number of aryl methyl sites for hydroxylation is 3. The molecule has 5 nitrogen and oxygen atoms in total. The molecule has 0 unspecified atom stereocenters. The lowest BCUT2D eigenvalue weighted by atomic mass is 10.1. The summed E-state index contributed by atoms with van der Waals surface area (Å²) < 4.78 is 28.0. The van der Waals surface area contributed by atoms with E-state index in [1.165, 1.54) is 6.92 Å². The van der Waals surface area contributed by atoms with Gasteiger partial charge < -0.3 is 5.32 Å². The molecule has 0 aliphatic heterocycles. The van der Waals surface area contributed by atoms with Crippen molar-refractivity contribution in [3.63, 3.8) is 0 Å². The molecule has 2 rings (SSSR count). The average molecular weight is 360 g/mol. The van der Waals surface area contributed by atoms with Crippen molar-refractivity contribution in [3.8, 4) is 0 Å². The smallest absolute Gasteiger partial charge is 0.261 e. The zero-order valence-electron chi connectivity index (χ0n) is 15.0. The summed E-state index contributed by atoms with van der Waals surface area (Å²) in [4.78, 5) is 11.1. The monoisotopic (exact) mass is 360 g/mol. The number of carbonyl (C=O) groups is 1. The molecule has 0 atom stereocenters. The van der Waals surface area contributed by atoms with Gasteiger partial charge in [0, 0.05) is 13.5 Å². The number of hydrogen-bond donors (Lipinski definition) is 2. The molecule has 0 fully saturated rings. The fourth-order valence-corrected chi connectivity index (χ4v) is 3.96. The molecule has 134 valence electrons. The quantitative estimate of drug-likeness (QED) is 0.831. The third kappa shape index (κ3) is 5.06. The first-order valence-electron chi connectivity index (χ1n) is 8.13. The number of amides is 1. The lowest BCUT2D eigenvalue weighted by Crippen LogP contribution is -2.22. The number of nitrogens with one attached hydrogen (secondary N) is 2. The van der Waals surface area contributed by atoms with Crippen molar-refractivity contribution in [1.29, 1.82) is 0 Å². The number of anilines is 1. The first-order valence-corrected chi connectivity index (χ1v) is 9.61. The van der Waals surface area contributed by atoms with Crippen molar-refractivity contribution < 1.29 is 13.2 Å². The Kier molecular flexibility index (Phi) is 5.85. The number of carbonyl (C=O) groups excluding carboxylic acids is 1. The topological polar surface area (TPSA) is 75.3 Å². The molecule has 6 heteroatoms. The maximum Gasteiger partial charge on any atom is 0.261 e. The Hall–Kier alpha value is -2.34. The van der Waals surface area contributed by atoms with E-state index in [4.69, 9.17) is 0 Å². The summed E-state index contributed by atoms with van der Waals surface area (Å²) in [6.07, 6.45) is 0.656. The molecule has 0 saturated carbocycles. The van der Waals surface area contributed by atoms with Crippen LogP contribution in [-0.2, 0) is 21.2 Å². The Balaban J connectivity index is 2.16. The van der Waals surface area contributed by atoms with Crippen LogP contribution in [0.25, 0.3) is 0 Å². The molecule has 2 aromatic rings. The highest BCUT2D eigenvalue weighted by molar-refractivity contribution is 7.92. The van der Waals surface area contributed by atoms with Crippen LogP contribution in [0.2, 0.25) is 0 Å². The lowest BCUT2D eigenvalue weighted by molar-refractivity contribution is -0.118. The van der Waals surface area contributed by atoms with E-state index in [1.54, 1.807) is 24.3 Å². The van der Waals surface area contributed by atoms with Gasteiger partial charge in [-0.05, 0) is 56.0 Å². The van der Waals surface area contributed by atoms with E-state index in [0.29, 0.717) is 18.7 Å². The predicted octanol–water partition coefficient (Wildman–Crippen LogP) is 3.09. The normalized spacial score (nSPS) is 11.2. The van der Waals surface area contributed by atoms with Gasteiger partial charge in [0.05, 0.1) is 10.6 Å². The molecule has 25 heavy (non-hydrogen) atoms. The highest BCUT2D eigenvalue weighted by atomic mass is 32.2. The zero-order chi connectivity index (χ0) is 18.6. The van der Waals surface area contributed by atoms with Gasteiger partial charge in [0.1, 0.15) is 0 Å². The molecular weight excluding hydrogens is 336 g/mol. The maximum absolute atomic E-state index is 12.6. The van der Waals surface area contributed by atoms with Crippen LogP contribution in [-0.4, -0.2) is 20.9 Å². The molecular formula is C19H24N2O3S. The van der Waals surface area contributed by atoms with Crippen molar-refractivity contribution in [2.75, 3.05) is 11.3 Å². The van der Waals surface area contributed by atoms with Crippen molar-refractivity contribution in [2.24, 2.45) is 0 Å². The maximum atomic E-state index is 12.6. The first-order chi connectivity index (χ1) is 11.7. The number of rotatable bonds is 6. The minimum absolute atomic E-state index is 0.0766. The lowest BCUT2D eigenvalue weighted by Gasteiger charge is -2.14. The molecule has 1 amide bonds. The summed E-state index contributed by atoms with van der Waals surface area (Å²) in [6, 6.07) is 10.6. The summed E-state index contributed by atoms with van der Waals surface area (Å²) in [5.41, 5.74) is 4.48. The fraction of sp³-hybridized carbons (Fsp3) is 0.316. The fourth-order valence-electron chi connectivity index (χ4n) is 2.75. The van der Waals surface area contributed by atoms with Gasteiger partial charge >= 0.3 is 0 Å². The summed E-state index contributed by atoms with van der Waals surface area (Å²) in [6.45, 7) is 7.77. The Morgan fingerprint density at radius 2 is 1.56 bits per heavy atom. The van der Waals surface area contributed by atoms with Crippen LogP contribution < -0.4 is 10.0 Å². The molecule has 0 bridgehead atoms. The minimum Gasteiger partial charge on any atom is -0.356 e. The Labute approximate surface area is 149 Å². The Morgan fingerprint density at radius 3 is 2.08 bits per heavy atom. The third-order valence-electron chi connectivity index (χ3n) is 3.93. The number of hydrogen-bond acceptors (Lipinski definition) is 3. The van der Waals surface area contributed by atoms with Gasteiger partial charge in [0.25, 0.3) is 10.0 Å². The Bertz CT molecular complexity index is 849. The van der Waals surface area contributed by atoms with Crippen molar-refractivity contribution >= 4 is 21.6 Å². The van der Waals surface area contributed by atoms with E-state index in [-0.39, 0.29) is 10.8 Å². The van der Waals surface area contributed by atoms with Gasteiger partial charge in [-0.25, -0.2) is 8.42 Å². The van der Waals surface area contributed by atoms with Gasteiger partial charge in [0.15, 0.2) is 0 Å². The van der Waals surface area contributed by atoms with E-state index in [1.807, 2.05) is 32.9 Å². The highest BCUT2D eigenvalue weighted by Crippen LogP contribution is 2.25. The van der Waals surface area contributed by atoms with Crippen LogP contribution in [0, 0.1) is 20.8 Å². The summed E-state index contributed by atoms with van der Waals surface area (Å²) in [5, 5.41) is 2.72.